The van der Waals surface area contributed by atoms with Gasteiger partial charge in [0.15, 0.2) is 0 Å². The van der Waals surface area contributed by atoms with Crippen LogP contribution in [0, 0.1) is 5.92 Å². The fourth-order valence-electron chi connectivity index (χ4n) is 1.87. The minimum absolute atomic E-state index is 0.0424. The van der Waals surface area contributed by atoms with Crippen LogP contribution >= 0.6 is 0 Å². The Morgan fingerprint density at radius 3 is 2.25 bits per heavy atom. The van der Waals surface area contributed by atoms with Gasteiger partial charge in [0.1, 0.15) is 0 Å². The zero-order valence-electron chi connectivity index (χ0n) is 12.5. The van der Waals surface area contributed by atoms with E-state index in [1.165, 1.54) is 5.56 Å². The molecule has 1 aromatic rings. The number of amides is 2. The SMILES string of the molecule is CC(C)c1ccc(CNC(=O)[C@@H](C)CCC(N)=O)cc1. The van der Waals surface area contributed by atoms with E-state index in [1.807, 2.05) is 12.1 Å². The minimum Gasteiger partial charge on any atom is -0.370 e. The van der Waals surface area contributed by atoms with Crippen LogP contribution in [0.15, 0.2) is 24.3 Å². The van der Waals surface area contributed by atoms with Gasteiger partial charge < -0.3 is 11.1 Å². The van der Waals surface area contributed by atoms with Crippen LogP contribution < -0.4 is 11.1 Å². The van der Waals surface area contributed by atoms with Crippen LogP contribution in [-0.2, 0) is 16.1 Å². The second-order valence-corrected chi connectivity index (χ2v) is 5.52. The van der Waals surface area contributed by atoms with E-state index in [2.05, 4.69) is 31.3 Å². The summed E-state index contributed by atoms with van der Waals surface area (Å²) in [5, 5.41) is 2.88. The summed E-state index contributed by atoms with van der Waals surface area (Å²) in [6.45, 7) is 6.62. The molecule has 110 valence electrons. The Kier molecular flexibility index (Phi) is 6.22. The molecule has 0 saturated heterocycles. The van der Waals surface area contributed by atoms with Crippen molar-refractivity contribution in [3.8, 4) is 0 Å². The Hall–Kier alpha value is -1.84. The number of hydrogen-bond donors (Lipinski definition) is 2. The van der Waals surface area contributed by atoms with Crippen LogP contribution in [0.2, 0.25) is 0 Å². The van der Waals surface area contributed by atoms with Crippen molar-refractivity contribution in [3.05, 3.63) is 35.4 Å². The monoisotopic (exact) mass is 276 g/mol. The third-order valence-corrected chi connectivity index (χ3v) is 3.38. The Labute approximate surface area is 120 Å². The molecule has 4 nitrogen and oxygen atoms in total. The minimum atomic E-state index is -0.367. The highest BCUT2D eigenvalue weighted by molar-refractivity contribution is 5.79. The van der Waals surface area contributed by atoms with E-state index >= 15 is 0 Å². The van der Waals surface area contributed by atoms with Crippen molar-refractivity contribution < 1.29 is 9.59 Å². The maximum Gasteiger partial charge on any atom is 0.223 e. The normalized spacial score (nSPS) is 12.2. The van der Waals surface area contributed by atoms with Crippen molar-refractivity contribution in [3.63, 3.8) is 0 Å². The molecule has 0 unspecified atom stereocenters. The molecule has 0 aliphatic carbocycles. The molecule has 0 bridgehead atoms. The fourth-order valence-corrected chi connectivity index (χ4v) is 1.87. The lowest BCUT2D eigenvalue weighted by Crippen LogP contribution is -2.29. The lowest BCUT2D eigenvalue weighted by Gasteiger charge is -2.12. The number of carbonyl (C=O) groups excluding carboxylic acids is 2. The van der Waals surface area contributed by atoms with Gasteiger partial charge in [0, 0.05) is 18.9 Å². The highest BCUT2D eigenvalue weighted by Crippen LogP contribution is 2.14. The molecule has 1 aromatic carbocycles. The first-order chi connectivity index (χ1) is 9.40. The maximum atomic E-state index is 11.8. The molecule has 0 aliphatic heterocycles. The molecular weight excluding hydrogens is 252 g/mol. The third-order valence-electron chi connectivity index (χ3n) is 3.38. The second kappa shape index (κ2) is 7.68. The van der Waals surface area contributed by atoms with E-state index in [0.717, 1.165) is 5.56 Å². The molecule has 0 aliphatic rings. The zero-order chi connectivity index (χ0) is 15.1. The van der Waals surface area contributed by atoms with Crippen LogP contribution in [0.3, 0.4) is 0 Å². The summed E-state index contributed by atoms with van der Waals surface area (Å²) in [6, 6.07) is 8.23. The number of carbonyl (C=O) groups is 2. The van der Waals surface area contributed by atoms with Crippen molar-refractivity contribution in [2.75, 3.05) is 0 Å². The number of rotatable bonds is 7. The van der Waals surface area contributed by atoms with Gasteiger partial charge in [-0.3, -0.25) is 9.59 Å². The molecule has 1 atom stereocenters. The molecule has 0 heterocycles. The van der Waals surface area contributed by atoms with Crippen LogP contribution in [0.4, 0.5) is 0 Å². The highest BCUT2D eigenvalue weighted by Gasteiger charge is 2.13. The molecule has 1 rings (SSSR count). The van der Waals surface area contributed by atoms with E-state index in [4.69, 9.17) is 5.73 Å². The first-order valence-electron chi connectivity index (χ1n) is 7.05. The number of nitrogens with one attached hydrogen (secondary N) is 1. The predicted molar refractivity (Wildman–Crippen MR) is 80.0 cm³/mol. The molecule has 0 spiro atoms. The van der Waals surface area contributed by atoms with Gasteiger partial charge in [-0.1, -0.05) is 45.0 Å². The first kappa shape index (κ1) is 16.2. The van der Waals surface area contributed by atoms with E-state index in [9.17, 15) is 9.59 Å². The molecule has 0 aromatic heterocycles. The standard InChI is InChI=1S/C16H24N2O2/c1-11(2)14-7-5-13(6-8-14)10-18-16(20)12(3)4-9-15(17)19/h5-8,11-12H,4,9-10H2,1-3H3,(H2,17,19)(H,18,20)/t12-/m0/s1. The van der Waals surface area contributed by atoms with Crippen molar-refractivity contribution in [2.45, 2.75) is 46.1 Å². The van der Waals surface area contributed by atoms with Crippen molar-refractivity contribution in [2.24, 2.45) is 11.7 Å². The van der Waals surface area contributed by atoms with Gasteiger partial charge in [0.05, 0.1) is 0 Å². The van der Waals surface area contributed by atoms with Crippen molar-refractivity contribution in [1.29, 1.82) is 0 Å². The van der Waals surface area contributed by atoms with Gasteiger partial charge in [-0.05, 0) is 23.5 Å². The van der Waals surface area contributed by atoms with Crippen LogP contribution in [0.5, 0.6) is 0 Å². The maximum absolute atomic E-state index is 11.8. The van der Waals surface area contributed by atoms with E-state index in [-0.39, 0.29) is 24.2 Å². The number of nitrogens with two attached hydrogens (primary N) is 1. The van der Waals surface area contributed by atoms with Gasteiger partial charge in [0.2, 0.25) is 11.8 Å². The Balaban J connectivity index is 2.42. The smallest absolute Gasteiger partial charge is 0.223 e. The highest BCUT2D eigenvalue weighted by atomic mass is 16.2. The van der Waals surface area contributed by atoms with Gasteiger partial charge in [-0.2, -0.15) is 0 Å². The lowest BCUT2D eigenvalue weighted by molar-refractivity contribution is -0.125. The van der Waals surface area contributed by atoms with Crippen molar-refractivity contribution in [1.82, 2.24) is 5.32 Å². The molecule has 20 heavy (non-hydrogen) atoms. The average molecular weight is 276 g/mol. The summed E-state index contributed by atoms with van der Waals surface area (Å²) < 4.78 is 0. The van der Waals surface area contributed by atoms with Gasteiger partial charge in [0.25, 0.3) is 0 Å². The molecule has 4 heteroatoms. The molecule has 0 saturated carbocycles. The Morgan fingerprint density at radius 1 is 1.15 bits per heavy atom. The second-order valence-electron chi connectivity index (χ2n) is 5.52. The van der Waals surface area contributed by atoms with Gasteiger partial charge in [-0.15, -0.1) is 0 Å². The predicted octanol–water partition coefficient (Wildman–Crippen LogP) is 2.33. The van der Waals surface area contributed by atoms with Crippen LogP contribution in [0.1, 0.15) is 50.7 Å². The Bertz CT molecular complexity index is 452. The fraction of sp³-hybridized carbons (Fsp3) is 0.500. The summed E-state index contributed by atoms with van der Waals surface area (Å²) in [4.78, 5) is 22.5. The van der Waals surface area contributed by atoms with Gasteiger partial charge >= 0.3 is 0 Å². The average Bonchev–Trinajstić information content (AvgIpc) is 2.42. The molecule has 3 N–H and O–H groups in total. The molecular formula is C16H24N2O2. The largest absolute Gasteiger partial charge is 0.370 e. The summed E-state index contributed by atoms with van der Waals surface area (Å²) >= 11 is 0. The van der Waals surface area contributed by atoms with Gasteiger partial charge in [-0.25, -0.2) is 0 Å². The summed E-state index contributed by atoms with van der Waals surface area (Å²) in [6.07, 6.45) is 0.741. The molecule has 0 radical (unpaired) electrons. The van der Waals surface area contributed by atoms with Crippen molar-refractivity contribution >= 4 is 11.8 Å². The number of benzene rings is 1. The lowest BCUT2D eigenvalue weighted by atomic mass is 10.0. The van der Waals surface area contributed by atoms with Crippen LogP contribution in [0.25, 0.3) is 0 Å². The quantitative estimate of drug-likeness (QED) is 0.802. The van der Waals surface area contributed by atoms with E-state index < -0.39 is 0 Å². The number of primary amides is 1. The molecule has 0 fully saturated rings. The third kappa shape index (κ3) is 5.43. The summed E-state index contributed by atoms with van der Waals surface area (Å²) in [5.41, 5.74) is 7.43. The van der Waals surface area contributed by atoms with Crippen LogP contribution in [-0.4, -0.2) is 11.8 Å². The zero-order valence-corrected chi connectivity index (χ0v) is 12.5. The number of hydrogen-bond acceptors (Lipinski definition) is 2. The topological polar surface area (TPSA) is 72.2 Å². The summed E-state index contributed by atoms with van der Waals surface area (Å²) in [7, 11) is 0. The Morgan fingerprint density at radius 2 is 1.75 bits per heavy atom. The van der Waals surface area contributed by atoms with E-state index in [1.54, 1.807) is 6.92 Å². The molecule has 2 amide bonds. The first-order valence-corrected chi connectivity index (χ1v) is 7.05. The van der Waals surface area contributed by atoms with E-state index in [0.29, 0.717) is 18.9 Å². The summed E-state index contributed by atoms with van der Waals surface area (Å²) in [5.74, 6) is -0.0991.